The second-order valence-corrected chi connectivity index (χ2v) is 6.95. The molecule has 1 atom stereocenters. The van der Waals surface area contributed by atoms with Gasteiger partial charge in [-0.05, 0) is 42.4 Å². The molecule has 2 N–H and O–H groups in total. The summed E-state index contributed by atoms with van der Waals surface area (Å²) in [5, 5.41) is 12.5. The number of hydrogen-bond acceptors (Lipinski definition) is 2. The van der Waals surface area contributed by atoms with Gasteiger partial charge >= 0.3 is 5.97 Å². The van der Waals surface area contributed by atoms with Crippen LogP contribution in [0.5, 0.6) is 0 Å². The highest BCUT2D eigenvalue weighted by Gasteiger charge is 2.30. The first-order chi connectivity index (χ1) is 8.87. The van der Waals surface area contributed by atoms with Crippen molar-refractivity contribution < 1.29 is 9.90 Å². The third-order valence-corrected chi connectivity index (χ3v) is 4.59. The Kier molecular flexibility index (Phi) is 4.31. The van der Waals surface area contributed by atoms with E-state index in [0.29, 0.717) is 17.0 Å². The molecule has 4 heteroatoms. The van der Waals surface area contributed by atoms with E-state index in [9.17, 15) is 4.79 Å². The van der Waals surface area contributed by atoms with Gasteiger partial charge in [-0.2, -0.15) is 0 Å². The average molecular weight is 326 g/mol. The summed E-state index contributed by atoms with van der Waals surface area (Å²) in [5.41, 5.74) is 1.87. The maximum absolute atomic E-state index is 10.9. The largest absolute Gasteiger partial charge is 0.478 e. The predicted molar refractivity (Wildman–Crippen MR) is 79.4 cm³/mol. The van der Waals surface area contributed by atoms with Crippen molar-refractivity contribution >= 4 is 21.9 Å². The van der Waals surface area contributed by atoms with E-state index in [1.54, 1.807) is 12.1 Å². The number of carboxylic acid groups (broad SMARTS) is 1. The van der Waals surface area contributed by atoms with E-state index in [2.05, 4.69) is 35.1 Å². The Bertz CT molecular complexity index is 485. The quantitative estimate of drug-likeness (QED) is 0.884. The molecule has 1 aromatic rings. The summed E-state index contributed by atoms with van der Waals surface area (Å²) in [5.74, 6) is -0.891. The van der Waals surface area contributed by atoms with Crippen LogP contribution in [0.4, 0.5) is 0 Å². The lowest BCUT2D eigenvalue weighted by Crippen LogP contribution is -2.27. The van der Waals surface area contributed by atoms with Gasteiger partial charge in [0.25, 0.3) is 0 Å². The number of hydrogen-bond donors (Lipinski definition) is 2. The molecule has 1 aliphatic carbocycles. The highest BCUT2D eigenvalue weighted by molar-refractivity contribution is 9.10. The van der Waals surface area contributed by atoms with Gasteiger partial charge in [0.1, 0.15) is 0 Å². The maximum Gasteiger partial charge on any atom is 0.335 e. The molecule has 0 heterocycles. The maximum atomic E-state index is 10.9. The standard InChI is InChI=1S/C15H20BrNO2/c1-15(2)6-5-12(8-15)17-9-11-4-3-10(14(18)19)7-13(11)16/h3-4,7,12,17H,5-6,8-9H2,1-2H3,(H,18,19). The van der Waals surface area contributed by atoms with E-state index in [1.807, 2.05) is 6.07 Å². The van der Waals surface area contributed by atoms with Crippen molar-refractivity contribution in [2.24, 2.45) is 5.41 Å². The Hall–Kier alpha value is -0.870. The van der Waals surface area contributed by atoms with E-state index in [1.165, 1.54) is 19.3 Å². The zero-order valence-corrected chi connectivity index (χ0v) is 13.0. The van der Waals surface area contributed by atoms with Crippen LogP contribution in [0.1, 0.15) is 49.0 Å². The molecular formula is C15H20BrNO2. The molecule has 1 fully saturated rings. The fraction of sp³-hybridized carbons (Fsp3) is 0.533. The molecule has 0 aromatic heterocycles. The summed E-state index contributed by atoms with van der Waals surface area (Å²) in [4.78, 5) is 10.9. The number of carbonyl (C=O) groups is 1. The van der Waals surface area contributed by atoms with Gasteiger partial charge in [-0.3, -0.25) is 0 Å². The SMILES string of the molecule is CC1(C)CCC(NCc2ccc(C(=O)O)cc2Br)C1. The van der Waals surface area contributed by atoms with Gasteiger partial charge in [0.15, 0.2) is 0 Å². The summed E-state index contributed by atoms with van der Waals surface area (Å²) in [6.07, 6.45) is 3.69. The Morgan fingerprint density at radius 3 is 2.79 bits per heavy atom. The molecule has 0 bridgehead atoms. The van der Waals surface area contributed by atoms with E-state index in [-0.39, 0.29) is 0 Å². The van der Waals surface area contributed by atoms with Crippen molar-refractivity contribution in [3.63, 3.8) is 0 Å². The first kappa shape index (κ1) is 14.5. The number of rotatable bonds is 4. The molecule has 104 valence electrons. The molecule has 2 rings (SSSR count). The Balaban J connectivity index is 1.95. The minimum atomic E-state index is -0.891. The minimum absolute atomic E-state index is 0.317. The van der Waals surface area contributed by atoms with Crippen molar-refractivity contribution in [1.29, 1.82) is 0 Å². The summed E-state index contributed by atoms with van der Waals surface area (Å²) < 4.78 is 0.858. The molecule has 19 heavy (non-hydrogen) atoms. The topological polar surface area (TPSA) is 49.3 Å². The third-order valence-electron chi connectivity index (χ3n) is 3.85. The van der Waals surface area contributed by atoms with Crippen LogP contribution in [0, 0.1) is 5.41 Å². The van der Waals surface area contributed by atoms with Crippen molar-refractivity contribution in [2.45, 2.75) is 45.7 Å². The van der Waals surface area contributed by atoms with Crippen LogP contribution in [-0.4, -0.2) is 17.1 Å². The average Bonchev–Trinajstić information content (AvgIpc) is 2.67. The lowest BCUT2D eigenvalue weighted by atomic mass is 9.92. The van der Waals surface area contributed by atoms with Crippen LogP contribution in [0.25, 0.3) is 0 Å². The van der Waals surface area contributed by atoms with Crippen LogP contribution >= 0.6 is 15.9 Å². The molecule has 0 spiro atoms. The molecule has 0 saturated heterocycles. The van der Waals surface area contributed by atoms with Crippen molar-refractivity contribution in [3.8, 4) is 0 Å². The second kappa shape index (κ2) is 5.63. The molecule has 1 unspecified atom stereocenters. The fourth-order valence-corrected chi connectivity index (χ4v) is 3.21. The summed E-state index contributed by atoms with van der Waals surface area (Å²) in [7, 11) is 0. The van der Waals surface area contributed by atoms with Gasteiger partial charge < -0.3 is 10.4 Å². The van der Waals surface area contributed by atoms with Crippen LogP contribution in [-0.2, 0) is 6.54 Å². The van der Waals surface area contributed by atoms with Crippen molar-refractivity contribution in [2.75, 3.05) is 0 Å². The van der Waals surface area contributed by atoms with Gasteiger partial charge in [-0.15, -0.1) is 0 Å². The summed E-state index contributed by atoms with van der Waals surface area (Å²) in [6.45, 7) is 5.40. The molecule has 0 aliphatic heterocycles. The lowest BCUT2D eigenvalue weighted by molar-refractivity contribution is 0.0697. The van der Waals surface area contributed by atoms with E-state index in [4.69, 9.17) is 5.11 Å². The number of benzene rings is 1. The zero-order valence-electron chi connectivity index (χ0n) is 11.4. The normalized spacial score (nSPS) is 21.5. The Morgan fingerprint density at radius 2 is 2.26 bits per heavy atom. The minimum Gasteiger partial charge on any atom is -0.478 e. The molecule has 0 amide bonds. The van der Waals surface area contributed by atoms with Crippen LogP contribution in [0.3, 0.4) is 0 Å². The first-order valence-electron chi connectivity index (χ1n) is 6.62. The molecule has 1 aromatic carbocycles. The van der Waals surface area contributed by atoms with Gasteiger partial charge in [0.05, 0.1) is 5.56 Å². The number of aromatic carboxylic acids is 1. The van der Waals surface area contributed by atoms with Crippen LogP contribution in [0.15, 0.2) is 22.7 Å². The van der Waals surface area contributed by atoms with E-state index < -0.39 is 5.97 Å². The highest BCUT2D eigenvalue weighted by Crippen LogP contribution is 2.37. The van der Waals surface area contributed by atoms with Gasteiger partial charge in [0.2, 0.25) is 0 Å². The Morgan fingerprint density at radius 1 is 1.53 bits per heavy atom. The highest BCUT2D eigenvalue weighted by atomic mass is 79.9. The number of nitrogens with one attached hydrogen (secondary N) is 1. The second-order valence-electron chi connectivity index (χ2n) is 6.10. The molecule has 1 saturated carbocycles. The van der Waals surface area contributed by atoms with Crippen LogP contribution < -0.4 is 5.32 Å². The summed E-state index contributed by atoms with van der Waals surface area (Å²) in [6, 6.07) is 5.77. The molecule has 3 nitrogen and oxygen atoms in total. The Labute approximate surface area is 122 Å². The number of carboxylic acids is 1. The van der Waals surface area contributed by atoms with Crippen molar-refractivity contribution in [1.82, 2.24) is 5.32 Å². The predicted octanol–water partition coefficient (Wildman–Crippen LogP) is 3.82. The van der Waals surface area contributed by atoms with Gasteiger partial charge in [-0.1, -0.05) is 35.8 Å². The van der Waals surface area contributed by atoms with Gasteiger partial charge in [-0.25, -0.2) is 4.79 Å². The lowest BCUT2D eigenvalue weighted by Gasteiger charge is -2.18. The van der Waals surface area contributed by atoms with E-state index in [0.717, 1.165) is 16.6 Å². The van der Waals surface area contributed by atoms with E-state index >= 15 is 0 Å². The zero-order chi connectivity index (χ0) is 14.0. The van der Waals surface area contributed by atoms with Crippen LogP contribution in [0.2, 0.25) is 0 Å². The van der Waals surface area contributed by atoms with Gasteiger partial charge in [0, 0.05) is 17.1 Å². The first-order valence-corrected chi connectivity index (χ1v) is 7.42. The third kappa shape index (κ3) is 3.80. The monoisotopic (exact) mass is 325 g/mol. The fourth-order valence-electron chi connectivity index (χ4n) is 2.69. The molecule has 1 aliphatic rings. The smallest absolute Gasteiger partial charge is 0.335 e. The molecule has 0 radical (unpaired) electrons. The van der Waals surface area contributed by atoms with Crippen molar-refractivity contribution in [3.05, 3.63) is 33.8 Å². The molecular weight excluding hydrogens is 306 g/mol. The summed E-state index contributed by atoms with van der Waals surface area (Å²) >= 11 is 3.44. The number of halogens is 1.